The van der Waals surface area contributed by atoms with Crippen molar-refractivity contribution in [1.82, 2.24) is 20.0 Å². The summed E-state index contributed by atoms with van der Waals surface area (Å²) in [5, 5.41) is 7.58. The number of nitrogens with zero attached hydrogens (tertiary/aromatic N) is 3. The minimum atomic E-state index is -0.455. The fourth-order valence-electron chi connectivity index (χ4n) is 2.05. The third kappa shape index (κ3) is 6.05. The lowest BCUT2D eigenvalue weighted by Gasteiger charge is -2.27. The van der Waals surface area contributed by atoms with Gasteiger partial charge in [-0.25, -0.2) is 4.79 Å². The average Bonchev–Trinajstić information content (AvgIpc) is 2.72. The fourth-order valence-corrected chi connectivity index (χ4v) is 2.05. The number of ether oxygens (including phenoxy) is 1. The van der Waals surface area contributed by atoms with E-state index >= 15 is 0 Å². The highest BCUT2D eigenvalue weighted by Gasteiger charge is 2.21. The fraction of sp³-hybridized carbons (Fsp3) is 0.750. The lowest BCUT2D eigenvalue weighted by atomic mass is 10.2. The summed E-state index contributed by atoms with van der Waals surface area (Å²) in [5.74, 6) is 0. The highest BCUT2D eigenvalue weighted by atomic mass is 16.6. The van der Waals surface area contributed by atoms with Gasteiger partial charge in [-0.3, -0.25) is 4.68 Å². The molecule has 0 aromatic carbocycles. The van der Waals surface area contributed by atoms with Crippen molar-refractivity contribution in [3.05, 3.63) is 17.5 Å². The number of hydrogen-bond donors (Lipinski definition) is 1. The number of nitrogens with one attached hydrogen (secondary N) is 1. The Balaban J connectivity index is 2.41. The van der Waals surface area contributed by atoms with Gasteiger partial charge in [-0.15, -0.1) is 0 Å². The molecule has 0 bridgehead atoms. The number of amides is 1. The van der Waals surface area contributed by atoms with E-state index in [1.54, 1.807) is 4.90 Å². The molecule has 6 nitrogen and oxygen atoms in total. The van der Waals surface area contributed by atoms with E-state index < -0.39 is 5.60 Å². The molecule has 0 radical (unpaired) electrons. The van der Waals surface area contributed by atoms with Crippen LogP contribution in [0.25, 0.3) is 0 Å². The zero-order valence-electron chi connectivity index (χ0n) is 14.8. The number of hydrogen-bond acceptors (Lipinski definition) is 4. The van der Waals surface area contributed by atoms with Crippen LogP contribution in [0, 0.1) is 6.92 Å². The maximum absolute atomic E-state index is 12.1. The van der Waals surface area contributed by atoms with Gasteiger partial charge in [-0.05, 0) is 34.1 Å². The van der Waals surface area contributed by atoms with E-state index in [1.807, 2.05) is 45.6 Å². The van der Waals surface area contributed by atoms with E-state index in [0.29, 0.717) is 13.1 Å². The zero-order chi connectivity index (χ0) is 16.8. The summed E-state index contributed by atoms with van der Waals surface area (Å²) in [6.45, 7) is 12.6. The molecule has 1 aromatic rings. The Bertz CT molecular complexity index is 477. The van der Waals surface area contributed by atoms with Crippen LogP contribution in [0.5, 0.6) is 0 Å². The molecule has 0 atom stereocenters. The topological polar surface area (TPSA) is 59.4 Å². The van der Waals surface area contributed by atoms with E-state index in [4.69, 9.17) is 4.74 Å². The monoisotopic (exact) mass is 310 g/mol. The molecular weight excluding hydrogens is 280 g/mol. The zero-order valence-corrected chi connectivity index (χ0v) is 14.8. The van der Waals surface area contributed by atoms with Crippen LogP contribution in [-0.4, -0.2) is 46.0 Å². The molecule has 22 heavy (non-hydrogen) atoms. The number of aromatic nitrogens is 2. The molecule has 0 unspecified atom stereocenters. The second-order valence-electron chi connectivity index (χ2n) is 6.52. The van der Waals surface area contributed by atoms with Gasteiger partial charge < -0.3 is 15.0 Å². The van der Waals surface area contributed by atoms with Gasteiger partial charge in [0.1, 0.15) is 5.60 Å². The van der Waals surface area contributed by atoms with Gasteiger partial charge in [0.25, 0.3) is 0 Å². The first kappa shape index (κ1) is 18.5. The summed E-state index contributed by atoms with van der Waals surface area (Å²) in [5.41, 5.74) is 1.88. The van der Waals surface area contributed by atoms with Crippen molar-refractivity contribution >= 4 is 6.09 Å². The van der Waals surface area contributed by atoms with Gasteiger partial charge in [0.05, 0.1) is 6.20 Å². The average molecular weight is 310 g/mol. The van der Waals surface area contributed by atoms with Crippen molar-refractivity contribution in [1.29, 1.82) is 0 Å². The van der Waals surface area contributed by atoms with Crippen LogP contribution >= 0.6 is 0 Å². The Hall–Kier alpha value is -1.56. The minimum Gasteiger partial charge on any atom is -0.444 e. The van der Waals surface area contributed by atoms with E-state index in [1.165, 1.54) is 5.56 Å². The summed E-state index contributed by atoms with van der Waals surface area (Å²) in [4.78, 5) is 13.9. The first-order valence-corrected chi connectivity index (χ1v) is 7.90. The van der Waals surface area contributed by atoms with Crippen LogP contribution in [0.2, 0.25) is 0 Å². The summed E-state index contributed by atoms with van der Waals surface area (Å²) in [7, 11) is 1.93. The first-order valence-electron chi connectivity index (χ1n) is 7.90. The second kappa shape index (κ2) is 8.17. The van der Waals surface area contributed by atoms with Crippen molar-refractivity contribution in [3.8, 4) is 0 Å². The molecule has 0 aliphatic rings. The predicted octanol–water partition coefficient (Wildman–Crippen LogP) is 2.47. The number of rotatable bonds is 7. The normalized spacial score (nSPS) is 11.5. The Morgan fingerprint density at radius 2 is 2.09 bits per heavy atom. The lowest BCUT2D eigenvalue weighted by molar-refractivity contribution is 0.0252. The Kier molecular flexibility index (Phi) is 6.87. The molecule has 0 aliphatic heterocycles. The molecule has 1 amide bonds. The van der Waals surface area contributed by atoms with E-state index in [0.717, 1.165) is 25.2 Å². The van der Waals surface area contributed by atoms with Gasteiger partial charge in [-0.2, -0.15) is 5.10 Å². The Morgan fingerprint density at radius 3 is 2.59 bits per heavy atom. The number of carbonyl (C=O) groups is 1. The maximum atomic E-state index is 12.1. The van der Waals surface area contributed by atoms with Crippen LogP contribution in [-0.2, 0) is 18.3 Å². The molecule has 0 fully saturated rings. The van der Waals surface area contributed by atoms with Crippen LogP contribution in [0.4, 0.5) is 4.79 Å². The molecule has 6 heteroatoms. The highest BCUT2D eigenvalue weighted by Crippen LogP contribution is 2.10. The van der Waals surface area contributed by atoms with Gasteiger partial charge in [0.2, 0.25) is 0 Å². The molecule has 0 spiro atoms. The number of aryl methyl sites for hydroxylation is 1. The molecule has 1 rings (SSSR count). The van der Waals surface area contributed by atoms with E-state index in [9.17, 15) is 4.79 Å². The van der Waals surface area contributed by atoms with Crippen LogP contribution in [0.1, 0.15) is 45.4 Å². The molecule has 1 heterocycles. The SMILES string of the molecule is CCCN(CCNCc1cnn(C)c1C)C(=O)OC(C)(C)C. The highest BCUT2D eigenvalue weighted by molar-refractivity contribution is 5.68. The van der Waals surface area contributed by atoms with Crippen LogP contribution in [0.3, 0.4) is 0 Å². The van der Waals surface area contributed by atoms with Gasteiger partial charge in [0.15, 0.2) is 0 Å². The van der Waals surface area contributed by atoms with Crippen LogP contribution in [0.15, 0.2) is 6.20 Å². The molecule has 0 saturated heterocycles. The largest absolute Gasteiger partial charge is 0.444 e. The van der Waals surface area contributed by atoms with E-state index in [-0.39, 0.29) is 6.09 Å². The number of carbonyl (C=O) groups excluding carboxylic acids is 1. The van der Waals surface area contributed by atoms with Crippen molar-refractivity contribution in [2.45, 2.75) is 53.2 Å². The summed E-state index contributed by atoms with van der Waals surface area (Å²) in [6.07, 6.45) is 2.55. The smallest absolute Gasteiger partial charge is 0.410 e. The minimum absolute atomic E-state index is 0.242. The molecule has 0 saturated carbocycles. The molecule has 1 aromatic heterocycles. The lowest BCUT2D eigenvalue weighted by Crippen LogP contribution is -2.40. The third-order valence-corrected chi connectivity index (χ3v) is 3.36. The van der Waals surface area contributed by atoms with E-state index in [2.05, 4.69) is 17.3 Å². The van der Waals surface area contributed by atoms with Crippen molar-refractivity contribution in [3.63, 3.8) is 0 Å². The summed E-state index contributed by atoms with van der Waals surface area (Å²) >= 11 is 0. The first-order chi connectivity index (χ1) is 10.2. The third-order valence-electron chi connectivity index (χ3n) is 3.36. The summed E-state index contributed by atoms with van der Waals surface area (Å²) in [6, 6.07) is 0. The molecular formula is C16H30N4O2. The predicted molar refractivity (Wildman–Crippen MR) is 87.7 cm³/mol. The summed E-state index contributed by atoms with van der Waals surface area (Å²) < 4.78 is 7.30. The molecule has 0 aliphatic carbocycles. The Morgan fingerprint density at radius 1 is 1.41 bits per heavy atom. The van der Waals surface area contributed by atoms with Crippen molar-refractivity contribution in [2.24, 2.45) is 7.05 Å². The molecule has 126 valence electrons. The van der Waals surface area contributed by atoms with Gasteiger partial charge in [0, 0.05) is 44.5 Å². The maximum Gasteiger partial charge on any atom is 0.410 e. The molecule has 1 N–H and O–H groups in total. The Labute approximate surface area is 133 Å². The standard InChI is InChI=1S/C16H30N4O2/c1-7-9-20(15(21)22-16(3,4)5)10-8-17-11-14-12-18-19(6)13(14)2/h12,17H,7-11H2,1-6H3. The van der Waals surface area contributed by atoms with Crippen molar-refractivity contribution < 1.29 is 9.53 Å². The quantitative estimate of drug-likeness (QED) is 0.786. The van der Waals surface area contributed by atoms with Crippen LogP contribution < -0.4 is 5.32 Å². The van der Waals surface area contributed by atoms with Crippen molar-refractivity contribution in [2.75, 3.05) is 19.6 Å². The van der Waals surface area contributed by atoms with Gasteiger partial charge >= 0.3 is 6.09 Å². The second-order valence-corrected chi connectivity index (χ2v) is 6.52. The van der Waals surface area contributed by atoms with Gasteiger partial charge in [-0.1, -0.05) is 6.92 Å².